The monoisotopic (exact) mass is 324 g/mol. The van der Waals surface area contributed by atoms with Gasteiger partial charge < -0.3 is 10.1 Å². The van der Waals surface area contributed by atoms with E-state index in [1.807, 2.05) is 42.5 Å². The smallest absolute Gasteiger partial charge is 0.251 e. The number of anilines is 1. The maximum Gasteiger partial charge on any atom is 0.251 e. The molecule has 2 aromatic rings. The van der Waals surface area contributed by atoms with Gasteiger partial charge in [-0.15, -0.1) is 0 Å². The number of nitrogens with one attached hydrogen (secondary N) is 1. The van der Waals surface area contributed by atoms with Crippen LogP contribution >= 0.6 is 0 Å². The summed E-state index contributed by atoms with van der Waals surface area (Å²) in [6, 6.07) is 16.4. The van der Waals surface area contributed by atoms with Gasteiger partial charge in [-0.3, -0.25) is 9.59 Å². The average Bonchev–Trinajstić information content (AvgIpc) is 2.90. The number of hydrogen-bond donors (Lipinski definition) is 1. The zero-order chi connectivity index (χ0) is 16.9. The molecule has 1 aliphatic rings. The van der Waals surface area contributed by atoms with E-state index in [0.717, 1.165) is 17.7 Å². The number of nitrogens with zero attached hydrogens (tertiary/aromatic N) is 1. The fourth-order valence-corrected chi connectivity index (χ4v) is 2.82. The number of amides is 2. The Morgan fingerprint density at radius 3 is 2.46 bits per heavy atom. The fourth-order valence-electron chi connectivity index (χ4n) is 2.82. The van der Waals surface area contributed by atoms with Crippen LogP contribution in [0.1, 0.15) is 12.0 Å². The molecule has 124 valence electrons. The van der Waals surface area contributed by atoms with Crippen LogP contribution in [0.2, 0.25) is 0 Å². The standard InChI is InChI=1S/C19H20N2O3/c1-24-16-9-7-14(8-10-16)11-12-20-17-13-18(22)21(19(17)23)15-5-3-2-4-6-15/h2-10,17,20H,11-13H2,1H3/t17-/m1/s1. The predicted octanol–water partition coefficient (Wildman–Crippen LogP) is 2.16. The minimum absolute atomic E-state index is 0.159. The van der Waals surface area contributed by atoms with Gasteiger partial charge in [0.15, 0.2) is 0 Å². The molecule has 1 fully saturated rings. The highest BCUT2D eigenvalue weighted by Crippen LogP contribution is 2.22. The quantitative estimate of drug-likeness (QED) is 0.827. The van der Waals surface area contributed by atoms with Gasteiger partial charge in [0.1, 0.15) is 5.75 Å². The first-order chi connectivity index (χ1) is 11.7. The molecule has 1 heterocycles. The van der Waals surface area contributed by atoms with Crippen LogP contribution in [0.15, 0.2) is 54.6 Å². The van der Waals surface area contributed by atoms with Crippen LogP contribution < -0.4 is 15.0 Å². The second-order valence-corrected chi connectivity index (χ2v) is 5.71. The number of methoxy groups -OCH3 is 1. The predicted molar refractivity (Wildman–Crippen MR) is 92.0 cm³/mol. The van der Waals surface area contributed by atoms with Crippen molar-refractivity contribution in [2.45, 2.75) is 18.9 Å². The van der Waals surface area contributed by atoms with Gasteiger partial charge in [0.2, 0.25) is 5.91 Å². The van der Waals surface area contributed by atoms with E-state index in [0.29, 0.717) is 12.2 Å². The van der Waals surface area contributed by atoms with Crippen molar-refractivity contribution >= 4 is 17.5 Å². The van der Waals surface area contributed by atoms with Crippen molar-refractivity contribution in [1.29, 1.82) is 0 Å². The molecule has 1 atom stereocenters. The lowest BCUT2D eigenvalue weighted by atomic mass is 10.1. The molecule has 2 amide bonds. The molecule has 1 N–H and O–H groups in total. The maximum atomic E-state index is 12.5. The van der Waals surface area contributed by atoms with Crippen molar-refractivity contribution in [1.82, 2.24) is 5.32 Å². The van der Waals surface area contributed by atoms with Crippen molar-refractivity contribution in [3.63, 3.8) is 0 Å². The summed E-state index contributed by atoms with van der Waals surface area (Å²) < 4.78 is 5.13. The number of rotatable bonds is 6. The van der Waals surface area contributed by atoms with Crippen LogP contribution in [-0.2, 0) is 16.0 Å². The summed E-state index contributed by atoms with van der Waals surface area (Å²) in [5.74, 6) is 0.482. The number of carbonyl (C=O) groups excluding carboxylic acids is 2. The van der Waals surface area contributed by atoms with Gasteiger partial charge in [-0.05, 0) is 42.8 Å². The minimum atomic E-state index is -0.448. The maximum absolute atomic E-state index is 12.5. The SMILES string of the molecule is COc1ccc(CCN[C@@H]2CC(=O)N(c3ccccc3)C2=O)cc1. The minimum Gasteiger partial charge on any atom is -0.497 e. The summed E-state index contributed by atoms with van der Waals surface area (Å²) in [5.41, 5.74) is 1.78. The van der Waals surface area contributed by atoms with E-state index in [9.17, 15) is 9.59 Å². The molecule has 0 bridgehead atoms. The van der Waals surface area contributed by atoms with Crippen molar-refractivity contribution in [2.24, 2.45) is 0 Å². The third-order valence-corrected chi connectivity index (χ3v) is 4.12. The Morgan fingerprint density at radius 2 is 1.79 bits per heavy atom. The summed E-state index contributed by atoms with van der Waals surface area (Å²) >= 11 is 0. The van der Waals surface area contributed by atoms with Crippen LogP contribution in [0.5, 0.6) is 5.75 Å². The molecular weight excluding hydrogens is 304 g/mol. The number of benzene rings is 2. The Labute approximate surface area is 141 Å². The van der Waals surface area contributed by atoms with E-state index in [1.54, 1.807) is 19.2 Å². The van der Waals surface area contributed by atoms with Gasteiger partial charge in [-0.25, -0.2) is 4.90 Å². The molecule has 1 saturated heterocycles. The Hall–Kier alpha value is -2.66. The Bertz CT molecular complexity index is 713. The highest BCUT2D eigenvalue weighted by atomic mass is 16.5. The van der Waals surface area contributed by atoms with E-state index in [1.165, 1.54) is 4.90 Å². The molecule has 5 nitrogen and oxygen atoms in total. The zero-order valence-corrected chi connectivity index (χ0v) is 13.6. The van der Waals surface area contributed by atoms with Gasteiger partial charge >= 0.3 is 0 Å². The highest BCUT2D eigenvalue weighted by molar-refractivity contribution is 6.22. The van der Waals surface area contributed by atoms with E-state index >= 15 is 0 Å². The summed E-state index contributed by atoms with van der Waals surface area (Å²) in [7, 11) is 1.64. The topological polar surface area (TPSA) is 58.6 Å². The first-order valence-electron chi connectivity index (χ1n) is 7.97. The molecule has 3 rings (SSSR count). The molecule has 5 heteroatoms. The molecule has 0 spiro atoms. The molecule has 0 saturated carbocycles. The van der Waals surface area contributed by atoms with E-state index in [-0.39, 0.29) is 18.2 Å². The number of para-hydroxylation sites is 1. The molecule has 0 aromatic heterocycles. The average molecular weight is 324 g/mol. The van der Waals surface area contributed by atoms with Crippen LogP contribution in [0.25, 0.3) is 0 Å². The second-order valence-electron chi connectivity index (χ2n) is 5.71. The largest absolute Gasteiger partial charge is 0.497 e. The van der Waals surface area contributed by atoms with Gasteiger partial charge in [0, 0.05) is 0 Å². The fraction of sp³-hybridized carbons (Fsp3) is 0.263. The van der Waals surface area contributed by atoms with Gasteiger partial charge in [-0.2, -0.15) is 0 Å². The van der Waals surface area contributed by atoms with Crippen LogP contribution in [0.3, 0.4) is 0 Å². The van der Waals surface area contributed by atoms with Crippen LogP contribution in [0.4, 0.5) is 5.69 Å². The number of carbonyl (C=O) groups is 2. The van der Waals surface area contributed by atoms with Crippen molar-refractivity contribution in [3.8, 4) is 5.75 Å². The Morgan fingerprint density at radius 1 is 1.08 bits per heavy atom. The normalized spacial score (nSPS) is 17.4. The first kappa shape index (κ1) is 16.2. The molecule has 0 unspecified atom stereocenters. The summed E-state index contributed by atoms with van der Waals surface area (Å²) in [4.78, 5) is 25.9. The Kier molecular flexibility index (Phi) is 4.91. The first-order valence-corrected chi connectivity index (χ1v) is 7.97. The number of ether oxygens (including phenoxy) is 1. The molecule has 1 aliphatic heterocycles. The third kappa shape index (κ3) is 3.46. The molecule has 24 heavy (non-hydrogen) atoms. The number of imide groups is 1. The molecular formula is C19H20N2O3. The summed E-state index contributed by atoms with van der Waals surface area (Å²) in [6.45, 7) is 0.638. The van der Waals surface area contributed by atoms with Gasteiger partial charge in [0.25, 0.3) is 5.91 Å². The van der Waals surface area contributed by atoms with E-state index in [2.05, 4.69) is 5.32 Å². The molecule has 0 aliphatic carbocycles. The van der Waals surface area contributed by atoms with Crippen molar-refractivity contribution in [3.05, 3.63) is 60.2 Å². The van der Waals surface area contributed by atoms with Crippen molar-refractivity contribution in [2.75, 3.05) is 18.6 Å². The van der Waals surface area contributed by atoms with Crippen LogP contribution in [0, 0.1) is 0 Å². The zero-order valence-electron chi connectivity index (χ0n) is 13.6. The lowest BCUT2D eigenvalue weighted by Gasteiger charge is -2.15. The lowest BCUT2D eigenvalue weighted by Crippen LogP contribution is -2.39. The lowest BCUT2D eigenvalue weighted by molar-refractivity contribution is -0.121. The number of hydrogen-bond acceptors (Lipinski definition) is 4. The third-order valence-electron chi connectivity index (χ3n) is 4.12. The van der Waals surface area contributed by atoms with Crippen LogP contribution in [-0.4, -0.2) is 31.5 Å². The van der Waals surface area contributed by atoms with Gasteiger partial charge in [-0.1, -0.05) is 30.3 Å². The summed E-state index contributed by atoms with van der Waals surface area (Å²) in [6.07, 6.45) is 0.990. The van der Waals surface area contributed by atoms with E-state index in [4.69, 9.17) is 4.74 Å². The molecule has 0 radical (unpaired) electrons. The second kappa shape index (κ2) is 7.27. The van der Waals surface area contributed by atoms with Crippen molar-refractivity contribution < 1.29 is 14.3 Å². The van der Waals surface area contributed by atoms with E-state index < -0.39 is 6.04 Å². The summed E-state index contributed by atoms with van der Waals surface area (Å²) in [5, 5.41) is 3.20. The Balaban J connectivity index is 1.56. The molecule has 2 aromatic carbocycles. The van der Waals surface area contributed by atoms with Gasteiger partial charge in [0.05, 0.1) is 25.3 Å². The highest BCUT2D eigenvalue weighted by Gasteiger charge is 2.38.